The number of anilines is 1. The van der Waals surface area contributed by atoms with Crippen LogP contribution in [0.4, 0.5) is 18.9 Å². The molecule has 158 valence electrons. The molecule has 2 aromatic rings. The van der Waals surface area contributed by atoms with Gasteiger partial charge in [-0.05, 0) is 30.2 Å². The van der Waals surface area contributed by atoms with Gasteiger partial charge in [-0.1, -0.05) is 18.2 Å². The Morgan fingerprint density at radius 1 is 1.27 bits per heavy atom. The monoisotopic (exact) mass is 418 g/mol. The molecule has 1 aromatic heterocycles. The van der Waals surface area contributed by atoms with Crippen molar-refractivity contribution in [1.29, 1.82) is 0 Å². The summed E-state index contributed by atoms with van der Waals surface area (Å²) in [4.78, 5) is 5.66. The van der Waals surface area contributed by atoms with Gasteiger partial charge in [0.25, 0.3) is 0 Å². The van der Waals surface area contributed by atoms with Crippen LogP contribution in [0, 0.1) is 0 Å². The molecule has 5 rings (SSSR count). The van der Waals surface area contributed by atoms with E-state index in [1.54, 1.807) is 7.11 Å². The van der Waals surface area contributed by atoms with Crippen LogP contribution in [0.5, 0.6) is 11.5 Å². The zero-order valence-electron chi connectivity index (χ0n) is 16.3. The maximum absolute atomic E-state index is 12.9. The lowest BCUT2D eigenvalue weighted by Gasteiger charge is -2.36. The molecular formula is C22H21F3N2O3. The van der Waals surface area contributed by atoms with Crippen LogP contribution < -0.4 is 14.4 Å². The fourth-order valence-electron chi connectivity index (χ4n) is 4.90. The zero-order valence-corrected chi connectivity index (χ0v) is 16.3. The third kappa shape index (κ3) is 2.85. The van der Waals surface area contributed by atoms with E-state index in [2.05, 4.69) is 4.98 Å². The molecule has 0 fully saturated rings. The summed E-state index contributed by atoms with van der Waals surface area (Å²) in [6.07, 6.45) is 1.08. The SMILES string of the molecule is COc1ccc2c3c1O[C@H]1C[C@@H](O)C=C[C@@]31CCN(c1ccc(C(F)(F)F)nc1)C2. The van der Waals surface area contributed by atoms with Crippen molar-refractivity contribution in [2.75, 3.05) is 18.6 Å². The lowest BCUT2D eigenvalue weighted by Crippen LogP contribution is -2.43. The lowest BCUT2D eigenvalue weighted by atomic mass is 9.69. The number of aliphatic hydroxyl groups is 1. The van der Waals surface area contributed by atoms with Crippen molar-refractivity contribution in [3.8, 4) is 11.5 Å². The van der Waals surface area contributed by atoms with Gasteiger partial charge >= 0.3 is 6.18 Å². The van der Waals surface area contributed by atoms with E-state index in [1.165, 1.54) is 12.3 Å². The van der Waals surface area contributed by atoms with E-state index in [-0.39, 0.29) is 6.10 Å². The Morgan fingerprint density at radius 3 is 2.80 bits per heavy atom. The summed E-state index contributed by atoms with van der Waals surface area (Å²) in [5.74, 6) is 1.35. The van der Waals surface area contributed by atoms with Gasteiger partial charge in [-0.3, -0.25) is 0 Å². The smallest absolute Gasteiger partial charge is 0.433 e. The Balaban J connectivity index is 1.57. The molecule has 1 aromatic carbocycles. The number of hydrogen-bond donors (Lipinski definition) is 1. The van der Waals surface area contributed by atoms with Crippen LogP contribution in [0.1, 0.15) is 29.7 Å². The molecule has 3 heterocycles. The number of ether oxygens (including phenoxy) is 2. The van der Waals surface area contributed by atoms with Crippen molar-refractivity contribution < 1.29 is 27.8 Å². The Morgan fingerprint density at radius 2 is 2.10 bits per heavy atom. The van der Waals surface area contributed by atoms with Crippen LogP contribution >= 0.6 is 0 Å². The number of methoxy groups -OCH3 is 1. The zero-order chi connectivity index (χ0) is 21.1. The van der Waals surface area contributed by atoms with Gasteiger partial charge in [0.05, 0.1) is 30.5 Å². The first kappa shape index (κ1) is 19.2. The topological polar surface area (TPSA) is 54.8 Å². The molecule has 1 spiro atoms. The van der Waals surface area contributed by atoms with Crippen molar-refractivity contribution in [2.24, 2.45) is 0 Å². The third-order valence-corrected chi connectivity index (χ3v) is 6.36. The normalized spacial score (nSPS) is 27.2. The molecule has 0 bridgehead atoms. The number of hydrogen-bond acceptors (Lipinski definition) is 5. The largest absolute Gasteiger partial charge is 0.493 e. The molecule has 2 aliphatic heterocycles. The molecule has 3 atom stereocenters. The second-order valence-corrected chi connectivity index (χ2v) is 8.01. The van der Waals surface area contributed by atoms with Crippen molar-refractivity contribution in [1.82, 2.24) is 4.98 Å². The van der Waals surface area contributed by atoms with Crippen molar-refractivity contribution in [3.63, 3.8) is 0 Å². The Hall–Kier alpha value is -2.74. The highest BCUT2D eigenvalue weighted by molar-refractivity contribution is 5.62. The predicted molar refractivity (Wildman–Crippen MR) is 104 cm³/mol. The highest BCUT2D eigenvalue weighted by Crippen LogP contribution is 2.56. The highest BCUT2D eigenvalue weighted by atomic mass is 19.4. The first-order valence-corrected chi connectivity index (χ1v) is 9.84. The van der Waals surface area contributed by atoms with Gasteiger partial charge in [0, 0.05) is 25.1 Å². The van der Waals surface area contributed by atoms with Crippen molar-refractivity contribution in [3.05, 3.63) is 59.4 Å². The molecule has 1 aliphatic carbocycles. The third-order valence-electron chi connectivity index (χ3n) is 6.36. The minimum absolute atomic E-state index is 0.215. The Labute approximate surface area is 171 Å². The van der Waals surface area contributed by atoms with Gasteiger partial charge in [0.1, 0.15) is 11.8 Å². The number of rotatable bonds is 2. The second kappa shape index (κ2) is 6.63. The lowest BCUT2D eigenvalue weighted by molar-refractivity contribution is -0.141. The first-order chi connectivity index (χ1) is 14.3. The standard InChI is InChI=1S/C22H21F3N2O3/c1-29-16-4-2-13-12-27(14-3-5-17(26-11-14)22(23,24)25)9-8-21-7-6-15(28)10-18(21)30-20(16)19(13)21/h2-7,11,15,18,28H,8-10,12H2,1H3/t15-,18-,21-/m0/s1. The average Bonchev–Trinajstić information content (AvgIpc) is 2.95. The maximum Gasteiger partial charge on any atom is 0.433 e. The van der Waals surface area contributed by atoms with E-state index < -0.39 is 23.4 Å². The molecular weight excluding hydrogens is 397 g/mol. The molecule has 8 heteroatoms. The van der Waals surface area contributed by atoms with Crippen LogP contribution in [0.15, 0.2) is 42.6 Å². The number of nitrogens with zero attached hydrogens (tertiary/aromatic N) is 2. The van der Waals surface area contributed by atoms with E-state index >= 15 is 0 Å². The molecule has 0 amide bonds. The fourth-order valence-corrected chi connectivity index (χ4v) is 4.90. The summed E-state index contributed by atoms with van der Waals surface area (Å²) in [7, 11) is 1.60. The van der Waals surface area contributed by atoms with Gasteiger partial charge < -0.3 is 19.5 Å². The summed E-state index contributed by atoms with van der Waals surface area (Å²) in [6, 6.07) is 6.33. The van der Waals surface area contributed by atoms with E-state index in [0.717, 1.165) is 17.2 Å². The minimum atomic E-state index is -4.46. The van der Waals surface area contributed by atoms with Crippen LogP contribution in [0.2, 0.25) is 0 Å². The Kier molecular flexibility index (Phi) is 4.25. The number of halogens is 3. The van der Waals surface area contributed by atoms with E-state index in [9.17, 15) is 18.3 Å². The summed E-state index contributed by atoms with van der Waals surface area (Å²) >= 11 is 0. The van der Waals surface area contributed by atoms with Gasteiger partial charge in [0.2, 0.25) is 0 Å². The molecule has 0 radical (unpaired) electrons. The number of pyridine rings is 1. The molecule has 1 N–H and O–H groups in total. The minimum Gasteiger partial charge on any atom is -0.493 e. The van der Waals surface area contributed by atoms with Gasteiger partial charge in [0.15, 0.2) is 11.5 Å². The van der Waals surface area contributed by atoms with Crippen LogP contribution in [0.3, 0.4) is 0 Å². The number of aliphatic hydroxyl groups excluding tert-OH is 1. The van der Waals surface area contributed by atoms with E-state index in [4.69, 9.17) is 9.47 Å². The molecule has 0 saturated heterocycles. The molecule has 0 unspecified atom stereocenters. The predicted octanol–water partition coefficient (Wildman–Crippen LogP) is 3.84. The number of benzene rings is 1. The van der Waals surface area contributed by atoms with E-state index in [1.807, 2.05) is 29.2 Å². The van der Waals surface area contributed by atoms with Crippen LogP contribution in [-0.4, -0.2) is 36.0 Å². The van der Waals surface area contributed by atoms with Crippen molar-refractivity contribution in [2.45, 2.75) is 43.2 Å². The Bertz CT molecular complexity index is 1010. The maximum atomic E-state index is 12.9. The summed E-state index contributed by atoms with van der Waals surface area (Å²) in [5, 5.41) is 10.1. The molecule has 3 aliphatic rings. The van der Waals surface area contributed by atoms with Crippen molar-refractivity contribution >= 4 is 5.69 Å². The highest BCUT2D eigenvalue weighted by Gasteiger charge is 2.52. The second-order valence-electron chi connectivity index (χ2n) is 8.01. The van der Waals surface area contributed by atoms with Gasteiger partial charge in [-0.25, -0.2) is 4.98 Å². The summed E-state index contributed by atoms with van der Waals surface area (Å²) in [5.41, 5.74) is 1.43. The summed E-state index contributed by atoms with van der Waals surface area (Å²) < 4.78 is 50.4. The first-order valence-electron chi connectivity index (χ1n) is 9.84. The average molecular weight is 418 g/mol. The number of alkyl halides is 3. The quantitative estimate of drug-likeness (QED) is 0.752. The number of aromatic nitrogens is 1. The van der Waals surface area contributed by atoms with Crippen LogP contribution in [-0.2, 0) is 18.1 Å². The fraction of sp³-hybridized carbons (Fsp3) is 0.409. The van der Waals surface area contributed by atoms with Crippen LogP contribution in [0.25, 0.3) is 0 Å². The van der Waals surface area contributed by atoms with Gasteiger partial charge in [-0.15, -0.1) is 0 Å². The van der Waals surface area contributed by atoms with E-state index in [0.29, 0.717) is 43.1 Å². The molecule has 0 saturated carbocycles. The molecule has 5 nitrogen and oxygen atoms in total. The summed E-state index contributed by atoms with van der Waals surface area (Å²) in [6.45, 7) is 1.14. The molecule has 30 heavy (non-hydrogen) atoms. The van der Waals surface area contributed by atoms with Gasteiger partial charge in [-0.2, -0.15) is 13.2 Å².